The van der Waals surface area contributed by atoms with E-state index in [1.165, 1.54) is 12.1 Å². The van der Waals surface area contributed by atoms with E-state index in [2.05, 4.69) is 26.2 Å². The molecule has 0 spiro atoms. The fraction of sp³-hybridized carbons (Fsp3) is 0.143. The molecular formula is C14H11BrClFN2O. The molecule has 2 rings (SSSR count). The van der Waals surface area contributed by atoms with Gasteiger partial charge in [0.05, 0.1) is 6.42 Å². The van der Waals surface area contributed by atoms with Crippen molar-refractivity contribution in [1.29, 1.82) is 0 Å². The van der Waals surface area contributed by atoms with Gasteiger partial charge >= 0.3 is 0 Å². The Morgan fingerprint density at radius 3 is 2.90 bits per heavy atom. The van der Waals surface area contributed by atoms with Crippen LogP contribution in [0.25, 0.3) is 0 Å². The van der Waals surface area contributed by atoms with Gasteiger partial charge in [-0.2, -0.15) is 0 Å². The van der Waals surface area contributed by atoms with Crippen molar-refractivity contribution in [2.75, 3.05) is 5.32 Å². The highest BCUT2D eigenvalue weighted by Crippen LogP contribution is 2.21. The molecule has 1 amide bonds. The molecule has 20 heavy (non-hydrogen) atoms. The normalized spacial score (nSPS) is 10.4. The number of anilines is 1. The van der Waals surface area contributed by atoms with E-state index in [0.717, 1.165) is 10.0 Å². The standard InChI is InChI=1S/C14H11BrClFN2O/c1-8-5-9(15)7-18-14(8)19-13(20)6-10-11(16)3-2-4-12(10)17/h2-5,7H,6H2,1H3,(H,18,19,20). The maximum absolute atomic E-state index is 13.6. The van der Waals surface area contributed by atoms with E-state index in [4.69, 9.17) is 11.6 Å². The van der Waals surface area contributed by atoms with Crippen LogP contribution in [0.3, 0.4) is 0 Å². The summed E-state index contributed by atoms with van der Waals surface area (Å²) in [7, 11) is 0. The first-order valence-electron chi connectivity index (χ1n) is 5.82. The summed E-state index contributed by atoms with van der Waals surface area (Å²) in [6.07, 6.45) is 1.45. The van der Waals surface area contributed by atoms with Crippen molar-refractivity contribution >= 4 is 39.3 Å². The Bertz CT molecular complexity index is 643. The van der Waals surface area contributed by atoms with Gasteiger partial charge in [-0.1, -0.05) is 17.7 Å². The molecule has 1 heterocycles. The molecule has 0 atom stereocenters. The molecule has 1 aromatic carbocycles. The van der Waals surface area contributed by atoms with Crippen LogP contribution < -0.4 is 5.32 Å². The van der Waals surface area contributed by atoms with Gasteiger partial charge in [0.15, 0.2) is 0 Å². The number of carbonyl (C=O) groups excluding carboxylic acids is 1. The number of carbonyl (C=O) groups is 1. The number of amides is 1. The predicted octanol–water partition coefficient (Wildman–Crippen LogP) is 4.13. The topological polar surface area (TPSA) is 42.0 Å². The van der Waals surface area contributed by atoms with Crippen molar-refractivity contribution in [3.05, 3.63) is 56.9 Å². The molecule has 104 valence electrons. The lowest BCUT2D eigenvalue weighted by atomic mass is 10.1. The minimum absolute atomic E-state index is 0.136. The van der Waals surface area contributed by atoms with Crippen molar-refractivity contribution in [1.82, 2.24) is 4.98 Å². The summed E-state index contributed by atoms with van der Waals surface area (Å²) in [6, 6.07) is 6.16. The molecule has 0 bridgehead atoms. The average Bonchev–Trinajstić information content (AvgIpc) is 2.37. The molecule has 0 saturated carbocycles. The summed E-state index contributed by atoms with van der Waals surface area (Å²) in [5, 5.41) is 2.88. The number of aromatic nitrogens is 1. The molecular weight excluding hydrogens is 347 g/mol. The Morgan fingerprint density at radius 1 is 1.50 bits per heavy atom. The van der Waals surface area contributed by atoms with Crippen molar-refractivity contribution < 1.29 is 9.18 Å². The Morgan fingerprint density at radius 2 is 2.25 bits per heavy atom. The monoisotopic (exact) mass is 356 g/mol. The second-order valence-electron chi connectivity index (χ2n) is 4.24. The maximum Gasteiger partial charge on any atom is 0.230 e. The molecule has 0 fully saturated rings. The Kier molecular flexibility index (Phi) is 4.73. The fourth-order valence-corrected chi connectivity index (χ4v) is 2.38. The molecule has 0 radical (unpaired) electrons. The van der Waals surface area contributed by atoms with Crippen LogP contribution in [0, 0.1) is 12.7 Å². The Labute approximate surface area is 129 Å². The number of halogens is 3. The summed E-state index contributed by atoms with van der Waals surface area (Å²) < 4.78 is 14.4. The summed E-state index contributed by atoms with van der Waals surface area (Å²) in [5.41, 5.74) is 0.994. The smallest absolute Gasteiger partial charge is 0.230 e. The number of hydrogen-bond donors (Lipinski definition) is 1. The number of rotatable bonds is 3. The predicted molar refractivity (Wildman–Crippen MR) is 80.4 cm³/mol. The minimum Gasteiger partial charge on any atom is -0.310 e. The second-order valence-corrected chi connectivity index (χ2v) is 5.57. The number of pyridine rings is 1. The molecule has 3 nitrogen and oxygen atoms in total. The van der Waals surface area contributed by atoms with E-state index >= 15 is 0 Å². The van der Waals surface area contributed by atoms with Crippen LogP contribution in [-0.4, -0.2) is 10.9 Å². The number of nitrogens with zero attached hydrogens (tertiary/aromatic N) is 1. The number of nitrogens with one attached hydrogen (secondary N) is 1. The van der Waals surface area contributed by atoms with Gasteiger partial charge in [-0.15, -0.1) is 0 Å². The minimum atomic E-state index is -0.492. The molecule has 2 aromatic rings. The van der Waals surface area contributed by atoms with E-state index in [1.54, 1.807) is 12.3 Å². The third kappa shape index (κ3) is 3.55. The molecule has 0 aliphatic carbocycles. The quantitative estimate of drug-likeness (QED) is 0.897. The highest BCUT2D eigenvalue weighted by molar-refractivity contribution is 9.10. The molecule has 0 saturated heterocycles. The van der Waals surface area contributed by atoms with Gasteiger partial charge in [0, 0.05) is 21.3 Å². The SMILES string of the molecule is Cc1cc(Br)cnc1NC(=O)Cc1c(F)cccc1Cl. The van der Waals surface area contributed by atoms with Gasteiger partial charge in [-0.25, -0.2) is 9.37 Å². The molecule has 6 heteroatoms. The van der Waals surface area contributed by atoms with Crippen molar-refractivity contribution in [2.45, 2.75) is 13.3 Å². The van der Waals surface area contributed by atoms with Gasteiger partial charge in [0.25, 0.3) is 0 Å². The van der Waals surface area contributed by atoms with E-state index < -0.39 is 5.82 Å². The van der Waals surface area contributed by atoms with Crippen LogP contribution in [-0.2, 0) is 11.2 Å². The lowest BCUT2D eigenvalue weighted by molar-refractivity contribution is -0.115. The zero-order chi connectivity index (χ0) is 14.7. The Hall–Kier alpha value is -1.46. The summed E-state index contributed by atoms with van der Waals surface area (Å²) >= 11 is 9.18. The highest BCUT2D eigenvalue weighted by Gasteiger charge is 2.13. The van der Waals surface area contributed by atoms with E-state index in [1.807, 2.05) is 13.0 Å². The second kappa shape index (κ2) is 6.33. The number of hydrogen-bond acceptors (Lipinski definition) is 2. The number of benzene rings is 1. The van der Waals surface area contributed by atoms with Crippen molar-refractivity contribution in [3.63, 3.8) is 0 Å². The van der Waals surface area contributed by atoms with Gasteiger partial charge in [-0.05, 0) is 46.6 Å². The summed E-state index contributed by atoms with van der Waals surface area (Å²) in [4.78, 5) is 16.0. The van der Waals surface area contributed by atoms with Gasteiger partial charge in [0.1, 0.15) is 11.6 Å². The van der Waals surface area contributed by atoms with E-state index in [9.17, 15) is 9.18 Å². The van der Waals surface area contributed by atoms with Crippen LogP contribution in [0.4, 0.5) is 10.2 Å². The highest BCUT2D eigenvalue weighted by atomic mass is 79.9. The zero-order valence-corrected chi connectivity index (χ0v) is 12.9. The molecule has 0 aliphatic rings. The largest absolute Gasteiger partial charge is 0.310 e. The summed E-state index contributed by atoms with van der Waals surface area (Å²) in [5.74, 6) is -0.409. The number of aryl methyl sites for hydroxylation is 1. The zero-order valence-electron chi connectivity index (χ0n) is 10.6. The lowest BCUT2D eigenvalue weighted by Crippen LogP contribution is -2.17. The van der Waals surface area contributed by atoms with Crippen LogP contribution in [0.5, 0.6) is 0 Å². The maximum atomic E-state index is 13.6. The lowest BCUT2D eigenvalue weighted by Gasteiger charge is -2.09. The third-order valence-corrected chi connectivity index (χ3v) is 3.49. The average molecular weight is 358 g/mol. The first-order valence-corrected chi connectivity index (χ1v) is 6.99. The third-order valence-electron chi connectivity index (χ3n) is 2.70. The van der Waals surface area contributed by atoms with Crippen LogP contribution in [0.2, 0.25) is 5.02 Å². The summed E-state index contributed by atoms with van der Waals surface area (Å²) in [6.45, 7) is 1.82. The van der Waals surface area contributed by atoms with Crippen molar-refractivity contribution in [3.8, 4) is 0 Å². The fourth-order valence-electron chi connectivity index (χ4n) is 1.71. The first-order chi connectivity index (χ1) is 9.47. The molecule has 1 N–H and O–H groups in total. The van der Waals surface area contributed by atoms with E-state index in [-0.39, 0.29) is 22.9 Å². The molecule has 0 aliphatic heterocycles. The van der Waals surface area contributed by atoms with Crippen LogP contribution in [0.1, 0.15) is 11.1 Å². The van der Waals surface area contributed by atoms with Crippen LogP contribution in [0.15, 0.2) is 34.9 Å². The van der Waals surface area contributed by atoms with Gasteiger partial charge in [0.2, 0.25) is 5.91 Å². The van der Waals surface area contributed by atoms with Crippen molar-refractivity contribution in [2.24, 2.45) is 0 Å². The van der Waals surface area contributed by atoms with Crippen LogP contribution >= 0.6 is 27.5 Å². The molecule has 1 aromatic heterocycles. The first kappa shape index (κ1) is 14.9. The van der Waals surface area contributed by atoms with Gasteiger partial charge in [-0.3, -0.25) is 4.79 Å². The van der Waals surface area contributed by atoms with E-state index in [0.29, 0.717) is 5.82 Å². The Balaban J connectivity index is 2.13. The molecule has 0 unspecified atom stereocenters. The van der Waals surface area contributed by atoms with Gasteiger partial charge < -0.3 is 5.32 Å².